The lowest BCUT2D eigenvalue weighted by atomic mass is 9.97. The smallest absolute Gasteiger partial charge is 0.265 e. The summed E-state index contributed by atoms with van der Waals surface area (Å²) in [6, 6.07) is 0. The highest BCUT2D eigenvalue weighted by Crippen LogP contribution is 2.21. The van der Waals surface area contributed by atoms with Gasteiger partial charge in [-0.3, -0.25) is 4.79 Å². The number of aryl methyl sites for hydroxylation is 1. The van der Waals surface area contributed by atoms with Gasteiger partial charge in [-0.25, -0.2) is 4.98 Å². The highest BCUT2D eigenvalue weighted by molar-refractivity contribution is 7.11. The van der Waals surface area contributed by atoms with Crippen molar-refractivity contribution < 1.29 is 4.79 Å². The van der Waals surface area contributed by atoms with E-state index in [2.05, 4.69) is 10.3 Å². The van der Waals surface area contributed by atoms with Crippen molar-refractivity contribution in [1.82, 2.24) is 15.2 Å². The molecule has 0 aliphatic carbocycles. The Morgan fingerprint density at radius 3 is 2.82 bits per heavy atom. The van der Waals surface area contributed by atoms with E-state index in [1.54, 1.807) is 5.51 Å². The number of likely N-dealkylation sites (tertiary alicyclic amines) is 1. The summed E-state index contributed by atoms with van der Waals surface area (Å²) in [7, 11) is 1.98. The zero-order valence-electron chi connectivity index (χ0n) is 10.4. The zero-order chi connectivity index (χ0) is 12.3. The van der Waals surface area contributed by atoms with Crippen molar-refractivity contribution in [1.29, 1.82) is 0 Å². The Labute approximate surface area is 106 Å². The van der Waals surface area contributed by atoms with Crippen molar-refractivity contribution in [3.05, 3.63) is 16.1 Å². The van der Waals surface area contributed by atoms with Crippen molar-refractivity contribution in [2.45, 2.75) is 19.8 Å². The lowest BCUT2D eigenvalue weighted by Gasteiger charge is -2.31. The Morgan fingerprint density at radius 1 is 1.59 bits per heavy atom. The van der Waals surface area contributed by atoms with Crippen molar-refractivity contribution in [3.8, 4) is 0 Å². The van der Waals surface area contributed by atoms with Crippen LogP contribution in [-0.4, -0.2) is 42.5 Å². The minimum atomic E-state index is 0.160. The molecule has 4 nitrogen and oxygen atoms in total. The Balaban J connectivity index is 1.93. The van der Waals surface area contributed by atoms with Crippen LogP contribution >= 0.6 is 11.3 Å². The van der Waals surface area contributed by atoms with E-state index < -0.39 is 0 Å². The van der Waals surface area contributed by atoms with Crippen LogP contribution in [0.5, 0.6) is 0 Å². The first-order valence-corrected chi connectivity index (χ1v) is 6.94. The summed E-state index contributed by atoms with van der Waals surface area (Å²) in [5.74, 6) is 0.875. The lowest BCUT2D eigenvalue weighted by molar-refractivity contribution is 0.0695. The lowest BCUT2D eigenvalue weighted by Crippen LogP contribution is -2.40. The van der Waals surface area contributed by atoms with E-state index in [0.29, 0.717) is 5.92 Å². The number of hydrogen-bond donors (Lipinski definition) is 1. The third-order valence-corrected chi connectivity index (χ3v) is 4.25. The van der Waals surface area contributed by atoms with Crippen molar-refractivity contribution in [2.75, 3.05) is 26.7 Å². The van der Waals surface area contributed by atoms with Gasteiger partial charge in [0.1, 0.15) is 4.88 Å². The van der Waals surface area contributed by atoms with E-state index >= 15 is 0 Å². The first kappa shape index (κ1) is 12.5. The first-order chi connectivity index (χ1) is 8.22. The minimum Gasteiger partial charge on any atom is -0.338 e. The van der Waals surface area contributed by atoms with Gasteiger partial charge in [-0.05, 0) is 39.3 Å². The third-order valence-electron chi connectivity index (χ3n) is 3.33. The largest absolute Gasteiger partial charge is 0.338 e. The summed E-state index contributed by atoms with van der Waals surface area (Å²) in [5.41, 5.74) is 2.61. The first-order valence-electron chi connectivity index (χ1n) is 6.06. The molecule has 1 aromatic heterocycles. The number of thiazole rings is 1. The molecule has 1 fully saturated rings. The fourth-order valence-electron chi connectivity index (χ4n) is 2.28. The summed E-state index contributed by atoms with van der Waals surface area (Å²) in [4.78, 5) is 19.1. The maximum absolute atomic E-state index is 12.2. The van der Waals surface area contributed by atoms with Gasteiger partial charge >= 0.3 is 0 Å². The molecule has 1 amide bonds. The van der Waals surface area contributed by atoms with Gasteiger partial charge in [-0.2, -0.15) is 0 Å². The predicted molar refractivity (Wildman–Crippen MR) is 69.4 cm³/mol. The average molecular weight is 253 g/mol. The molecule has 17 heavy (non-hydrogen) atoms. The zero-order valence-corrected chi connectivity index (χ0v) is 11.2. The van der Waals surface area contributed by atoms with Gasteiger partial charge in [0.2, 0.25) is 0 Å². The van der Waals surface area contributed by atoms with Gasteiger partial charge in [0.25, 0.3) is 5.91 Å². The Hall–Kier alpha value is -0.940. The van der Waals surface area contributed by atoms with E-state index in [4.69, 9.17) is 0 Å². The number of nitrogens with zero attached hydrogens (tertiary/aromatic N) is 2. The van der Waals surface area contributed by atoms with Crippen LogP contribution in [0.1, 0.15) is 28.2 Å². The molecule has 0 saturated carbocycles. The second-order valence-electron chi connectivity index (χ2n) is 4.56. The molecule has 1 aromatic rings. The molecule has 0 unspecified atom stereocenters. The molecule has 1 aliphatic rings. The molecule has 1 saturated heterocycles. The molecule has 2 heterocycles. The number of carbonyl (C=O) groups is 1. The molecule has 94 valence electrons. The molecular formula is C12H19N3OS. The summed E-state index contributed by atoms with van der Waals surface area (Å²) < 4.78 is 0. The number of piperidine rings is 1. The van der Waals surface area contributed by atoms with Gasteiger partial charge < -0.3 is 10.2 Å². The maximum atomic E-state index is 12.2. The number of aromatic nitrogens is 1. The van der Waals surface area contributed by atoms with Gasteiger partial charge in [0.05, 0.1) is 11.2 Å². The van der Waals surface area contributed by atoms with Crippen LogP contribution in [0, 0.1) is 12.8 Å². The van der Waals surface area contributed by atoms with Crippen molar-refractivity contribution in [2.24, 2.45) is 5.92 Å². The van der Waals surface area contributed by atoms with Crippen molar-refractivity contribution >= 4 is 17.2 Å². The van der Waals surface area contributed by atoms with Gasteiger partial charge in [0, 0.05) is 13.1 Å². The molecular weight excluding hydrogens is 234 g/mol. The number of hydrogen-bond acceptors (Lipinski definition) is 4. The van der Waals surface area contributed by atoms with Crippen molar-refractivity contribution in [3.63, 3.8) is 0 Å². The predicted octanol–water partition coefficient (Wildman–Crippen LogP) is 1.52. The molecule has 2 rings (SSSR count). The highest BCUT2D eigenvalue weighted by atomic mass is 32.1. The molecule has 5 heteroatoms. The van der Waals surface area contributed by atoms with Crippen LogP contribution < -0.4 is 5.32 Å². The molecule has 0 aromatic carbocycles. The van der Waals surface area contributed by atoms with Crippen LogP contribution in [0.15, 0.2) is 5.51 Å². The molecule has 0 radical (unpaired) electrons. The number of amides is 1. The third kappa shape index (κ3) is 2.84. The summed E-state index contributed by atoms with van der Waals surface area (Å²) >= 11 is 1.45. The molecule has 0 spiro atoms. The average Bonchev–Trinajstić information content (AvgIpc) is 2.76. The molecule has 0 bridgehead atoms. The number of carbonyl (C=O) groups excluding carboxylic acids is 1. The van der Waals surface area contributed by atoms with E-state index in [1.807, 2.05) is 18.9 Å². The van der Waals surface area contributed by atoms with Crippen LogP contribution in [0.3, 0.4) is 0 Å². The van der Waals surface area contributed by atoms with E-state index in [-0.39, 0.29) is 5.91 Å². The summed E-state index contributed by atoms with van der Waals surface area (Å²) in [6.07, 6.45) is 2.20. The van der Waals surface area contributed by atoms with Gasteiger partial charge in [-0.1, -0.05) is 0 Å². The second kappa shape index (κ2) is 5.60. The van der Waals surface area contributed by atoms with Crippen LogP contribution in [-0.2, 0) is 0 Å². The Morgan fingerprint density at radius 2 is 2.29 bits per heavy atom. The monoisotopic (exact) mass is 253 g/mol. The topological polar surface area (TPSA) is 45.2 Å². The highest BCUT2D eigenvalue weighted by Gasteiger charge is 2.24. The minimum absolute atomic E-state index is 0.160. The number of nitrogens with one attached hydrogen (secondary N) is 1. The Kier molecular flexibility index (Phi) is 4.12. The second-order valence-corrected chi connectivity index (χ2v) is 5.41. The quantitative estimate of drug-likeness (QED) is 0.888. The molecule has 1 aliphatic heterocycles. The number of rotatable bonds is 3. The van der Waals surface area contributed by atoms with E-state index in [9.17, 15) is 4.79 Å². The maximum Gasteiger partial charge on any atom is 0.265 e. The SMILES string of the molecule is CNCC1CCN(C(=O)c2scnc2C)CC1. The fraction of sp³-hybridized carbons (Fsp3) is 0.667. The van der Waals surface area contributed by atoms with E-state index in [1.165, 1.54) is 11.3 Å². The van der Waals surface area contributed by atoms with Crippen LogP contribution in [0.25, 0.3) is 0 Å². The van der Waals surface area contributed by atoms with Gasteiger partial charge in [0.15, 0.2) is 0 Å². The molecule has 1 N–H and O–H groups in total. The summed E-state index contributed by atoms with van der Waals surface area (Å²) in [5, 5.41) is 3.21. The Bertz CT molecular complexity index is 383. The molecule has 0 atom stereocenters. The van der Waals surface area contributed by atoms with Crippen LogP contribution in [0.4, 0.5) is 0 Å². The van der Waals surface area contributed by atoms with Crippen LogP contribution in [0.2, 0.25) is 0 Å². The fourth-order valence-corrected chi connectivity index (χ4v) is 3.05. The standard InChI is InChI=1S/C12H19N3OS/c1-9-11(17-8-14-9)12(16)15-5-3-10(4-6-15)7-13-2/h8,10,13H,3-7H2,1-2H3. The summed E-state index contributed by atoms with van der Waals surface area (Å²) in [6.45, 7) is 4.71. The van der Waals surface area contributed by atoms with Gasteiger partial charge in [-0.15, -0.1) is 11.3 Å². The normalized spacial score (nSPS) is 17.4. The van der Waals surface area contributed by atoms with E-state index in [0.717, 1.165) is 43.0 Å².